The zero-order valence-corrected chi connectivity index (χ0v) is 15.3. The number of allylic oxidation sites excluding steroid dienone is 1. The van der Waals surface area contributed by atoms with Crippen LogP contribution in [0.3, 0.4) is 0 Å². The topological polar surface area (TPSA) is 57.5 Å². The summed E-state index contributed by atoms with van der Waals surface area (Å²) in [5.74, 6) is 0.0495. The predicted octanol–water partition coefficient (Wildman–Crippen LogP) is 4.65. The largest absolute Gasteiger partial charge is 0.481 e. The Bertz CT molecular complexity index is 472. The Kier molecular flexibility index (Phi) is 5.30. The molecule has 2 saturated carbocycles. The number of rotatable bonds is 5. The summed E-state index contributed by atoms with van der Waals surface area (Å²) >= 11 is 0. The van der Waals surface area contributed by atoms with Crippen molar-refractivity contribution in [2.24, 2.45) is 28.6 Å². The van der Waals surface area contributed by atoms with Crippen molar-refractivity contribution in [1.82, 2.24) is 0 Å². The van der Waals surface area contributed by atoms with Crippen LogP contribution in [-0.4, -0.2) is 22.3 Å². The van der Waals surface area contributed by atoms with E-state index in [-0.39, 0.29) is 29.3 Å². The molecule has 23 heavy (non-hydrogen) atoms. The fraction of sp³-hybridized carbons (Fsp3) is 0.850. The van der Waals surface area contributed by atoms with Gasteiger partial charge in [-0.3, -0.25) is 4.79 Å². The highest BCUT2D eigenvalue weighted by molar-refractivity contribution is 5.75. The summed E-state index contributed by atoms with van der Waals surface area (Å²) in [5, 5.41) is 20.4. The molecule has 2 N–H and O–H groups in total. The van der Waals surface area contributed by atoms with Gasteiger partial charge in [0.1, 0.15) is 0 Å². The van der Waals surface area contributed by atoms with E-state index in [4.69, 9.17) is 0 Å². The zero-order chi connectivity index (χ0) is 17.4. The summed E-state index contributed by atoms with van der Waals surface area (Å²) in [4.78, 5) is 12.0. The van der Waals surface area contributed by atoms with E-state index in [9.17, 15) is 15.0 Å². The normalized spacial score (nSPS) is 40.3. The van der Waals surface area contributed by atoms with Crippen LogP contribution in [0.15, 0.2) is 12.2 Å². The Hall–Kier alpha value is -0.830. The standard InChI is InChI=1S/C20H34O3/c1-6-13(2)16(21)12-15-14(3)8-9-17-19(15,4)10-7-11-20(17,5)18(22)23/h13,15-17,21H,3,6-12H2,1-2,4-5H3,(H,22,23)/t13-,15+,16-,17+,19-,20+/m1/s1. The van der Waals surface area contributed by atoms with Crippen molar-refractivity contribution >= 4 is 5.97 Å². The van der Waals surface area contributed by atoms with Crippen LogP contribution in [-0.2, 0) is 4.79 Å². The lowest BCUT2D eigenvalue weighted by molar-refractivity contribution is -0.164. The number of carboxylic acids is 1. The molecule has 0 amide bonds. The first-order valence-electron chi connectivity index (χ1n) is 9.26. The molecule has 0 heterocycles. The van der Waals surface area contributed by atoms with Crippen LogP contribution in [0.5, 0.6) is 0 Å². The van der Waals surface area contributed by atoms with Crippen LogP contribution >= 0.6 is 0 Å². The lowest BCUT2D eigenvalue weighted by Crippen LogP contribution is -2.54. The van der Waals surface area contributed by atoms with E-state index in [2.05, 4.69) is 27.4 Å². The molecule has 6 atom stereocenters. The molecule has 3 heteroatoms. The van der Waals surface area contributed by atoms with Gasteiger partial charge < -0.3 is 10.2 Å². The Morgan fingerprint density at radius 2 is 2.04 bits per heavy atom. The number of hydrogen-bond donors (Lipinski definition) is 2. The number of aliphatic carboxylic acids is 1. The molecule has 2 fully saturated rings. The van der Waals surface area contributed by atoms with Gasteiger partial charge in [0, 0.05) is 0 Å². The SMILES string of the molecule is C=C1CC[C@H]2[C@](C)(CCC[C@]2(C)C(=O)O)[C@H]1C[C@@H](O)[C@H](C)CC. The van der Waals surface area contributed by atoms with E-state index in [1.807, 2.05) is 6.92 Å². The van der Waals surface area contributed by atoms with Crippen LogP contribution in [0, 0.1) is 28.6 Å². The molecular weight excluding hydrogens is 288 g/mol. The number of hydrogen-bond acceptors (Lipinski definition) is 2. The fourth-order valence-electron chi connectivity index (χ4n) is 5.39. The smallest absolute Gasteiger partial charge is 0.309 e. The van der Waals surface area contributed by atoms with E-state index < -0.39 is 11.4 Å². The molecule has 0 radical (unpaired) electrons. The second-order valence-corrected chi connectivity index (χ2v) is 8.57. The average molecular weight is 322 g/mol. The van der Waals surface area contributed by atoms with E-state index in [1.54, 1.807) is 0 Å². The highest BCUT2D eigenvalue weighted by Gasteiger charge is 2.57. The van der Waals surface area contributed by atoms with Gasteiger partial charge in [-0.05, 0) is 62.2 Å². The number of carboxylic acid groups (broad SMARTS) is 1. The van der Waals surface area contributed by atoms with Crippen molar-refractivity contribution in [2.45, 2.75) is 78.7 Å². The third kappa shape index (κ3) is 3.09. The van der Waals surface area contributed by atoms with Crippen molar-refractivity contribution in [2.75, 3.05) is 0 Å². The summed E-state index contributed by atoms with van der Waals surface area (Å²) in [6, 6.07) is 0. The third-order valence-electron chi connectivity index (χ3n) is 7.29. The average Bonchev–Trinajstić information content (AvgIpc) is 2.49. The van der Waals surface area contributed by atoms with Crippen molar-refractivity contribution in [3.05, 3.63) is 12.2 Å². The molecule has 2 aliphatic carbocycles. The molecule has 3 nitrogen and oxygen atoms in total. The molecule has 2 aliphatic rings. The van der Waals surface area contributed by atoms with Gasteiger partial charge in [0.25, 0.3) is 0 Å². The van der Waals surface area contributed by atoms with Gasteiger partial charge in [-0.1, -0.05) is 45.8 Å². The van der Waals surface area contributed by atoms with Crippen molar-refractivity contribution in [3.8, 4) is 0 Å². The monoisotopic (exact) mass is 322 g/mol. The number of aliphatic hydroxyl groups is 1. The van der Waals surface area contributed by atoms with Gasteiger partial charge in [0.2, 0.25) is 0 Å². The first-order chi connectivity index (χ1) is 10.7. The summed E-state index contributed by atoms with van der Waals surface area (Å²) in [6.45, 7) is 12.7. The van der Waals surface area contributed by atoms with E-state index in [1.165, 1.54) is 5.57 Å². The third-order valence-corrected chi connectivity index (χ3v) is 7.29. The van der Waals surface area contributed by atoms with Crippen molar-refractivity contribution in [3.63, 3.8) is 0 Å². The van der Waals surface area contributed by atoms with Gasteiger partial charge in [-0.15, -0.1) is 0 Å². The van der Waals surface area contributed by atoms with Gasteiger partial charge >= 0.3 is 5.97 Å². The Morgan fingerprint density at radius 1 is 1.39 bits per heavy atom. The molecule has 0 unspecified atom stereocenters. The first-order valence-corrected chi connectivity index (χ1v) is 9.26. The fourth-order valence-corrected chi connectivity index (χ4v) is 5.39. The number of carbonyl (C=O) groups is 1. The van der Waals surface area contributed by atoms with Crippen LogP contribution in [0.2, 0.25) is 0 Å². The van der Waals surface area contributed by atoms with Crippen LogP contribution < -0.4 is 0 Å². The summed E-state index contributed by atoms with van der Waals surface area (Å²) in [5.41, 5.74) is 0.545. The van der Waals surface area contributed by atoms with E-state index in [0.717, 1.165) is 44.9 Å². The van der Waals surface area contributed by atoms with Gasteiger partial charge in [0.05, 0.1) is 11.5 Å². The molecule has 0 aliphatic heterocycles. The molecule has 132 valence electrons. The molecular formula is C20H34O3. The second-order valence-electron chi connectivity index (χ2n) is 8.57. The number of fused-ring (bicyclic) bond motifs is 1. The highest BCUT2D eigenvalue weighted by Crippen LogP contribution is 2.62. The Morgan fingerprint density at radius 3 is 2.61 bits per heavy atom. The molecule has 0 aromatic heterocycles. The molecule has 0 saturated heterocycles. The molecule has 0 spiro atoms. The Labute approximate surface area is 141 Å². The van der Waals surface area contributed by atoms with Gasteiger partial charge in [0.15, 0.2) is 0 Å². The van der Waals surface area contributed by atoms with Crippen LogP contribution in [0.25, 0.3) is 0 Å². The Balaban J connectivity index is 2.31. The predicted molar refractivity (Wildman–Crippen MR) is 93.1 cm³/mol. The molecule has 0 aromatic carbocycles. The number of aliphatic hydroxyl groups excluding tert-OH is 1. The minimum Gasteiger partial charge on any atom is -0.481 e. The molecule has 2 rings (SSSR count). The first kappa shape index (κ1) is 18.5. The van der Waals surface area contributed by atoms with Crippen LogP contribution in [0.4, 0.5) is 0 Å². The zero-order valence-electron chi connectivity index (χ0n) is 15.3. The maximum absolute atomic E-state index is 12.0. The second kappa shape index (κ2) is 6.58. The summed E-state index contributed by atoms with van der Waals surface area (Å²) < 4.78 is 0. The quantitative estimate of drug-likeness (QED) is 0.725. The lowest BCUT2D eigenvalue weighted by Gasteiger charge is -2.57. The van der Waals surface area contributed by atoms with Gasteiger partial charge in [-0.25, -0.2) is 0 Å². The van der Waals surface area contributed by atoms with Gasteiger partial charge in [-0.2, -0.15) is 0 Å². The van der Waals surface area contributed by atoms with Crippen molar-refractivity contribution < 1.29 is 15.0 Å². The van der Waals surface area contributed by atoms with E-state index >= 15 is 0 Å². The summed E-state index contributed by atoms with van der Waals surface area (Å²) in [6.07, 6.45) is 5.99. The highest BCUT2D eigenvalue weighted by atomic mass is 16.4. The van der Waals surface area contributed by atoms with Crippen LogP contribution in [0.1, 0.15) is 72.6 Å². The molecule has 0 bridgehead atoms. The minimum absolute atomic E-state index is 0.0465. The molecule has 0 aromatic rings. The maximum atomic E-state index is 12.0. The summed E-state index contributed by atoms with van der Waals surface area (Å²) in [7, 11) is 0. The lowest BCUT2D eigenvalue weighted by atomic mass is 9.46. The minimum atomic E-state index is -0.651. The van der Waals surface area contributed by atoms with Crippen molar-refractivity contribution in [1.29, 1.82) is 0 Å². The maximum Gasteiger partial charge on any atom is 0.309 e. The van der Waals surface area contributed by atoms with E-state index in [0.29, 0.717) is 0 Å².